The van der Waals surface area contributed by atoms with E-state index in [-0.39, 0.29) is 0 Å². The number of rotatable bonds is 2. The van der Waals surface area contributed by atoms with Gasteiger partial charge in [0.1, 0.15) is 15.8 Å². The molecule has 0 amide bonds. The van der Waals surface area contributed by atoms with Gasteiger partial charge in [0.2, 0.25) is 0 Å². The van der Waals surface area contributed by atoms with Crippen molar-refractivity contribution in [2.24, 2.45) is 0 Å². The third-order valence-corrected chi connectivity index (χ3v) is 6.22. The maximum Gasteiger partial charge on any atom is 0.414 e. The smallest absolute Gasteiger partial charge is 0.167 e. The average molecular weight is 352 g/mol. The van der Waals surface area contributed by atoms with Gasteiger partial charge in [-0.05, 0) is 0 Å². The quantitative estimate of drug-likeness (QED) is 0.423. The summed E-state index contributed by atoms with van der Waals surface area (Å²) in [5.41, 5.74) is 0. The van der Waals surface area contributed by atoms with Gasteiger partial charge in [0.25, 0.3) is 0 Å². The van der Waals surface area contributed by atoms with Gasteiger partial charge in [-0.1, -0.05) is 0 Å². The van der Waals surface area contributed by atoms with Crippen LogP contribution in [0.1, 0.15) is 0 Å². The lowest BCUT2D eigenvalue weighted by atomic mass is 11.5. The summed E-state index contributed by atoms with van der Waals surface area (Å²) in [6.45, 7) is 0. The van der Waals surface area contributed by atoms with Gasteiger partial charge in [-0.15, -0.1) is 0 Å². The molecule has 0 atom stereocenters. The first-order chi connectivity index (χ1) is 7.97. The van der Waals surface area contributed by atoms with Crippen LogP contribution in [0, 0.1) is 0 Å². The van der Waals surface area contributed by atoms with Gasteiger partial charge in [0.15, 0.2) is 0 Å². The lowest BCUT2D eigenvalue weighted by Crippen LogP contribution is -2.26. The molecule has 0 aromatic carbocycles. The van der Waals surface area contributed by atoms with Crippen LogP contribution in [0.2, 0.25) is 0 Å². The molecule has 0 heterocycles. The molecular formula is C5H2F12P2. The van der Waals surface area contributed by atoms with E-state index in [9.17, 15) is 52.7 Å². The van der Waals surface area contributed by atoms with Crippen molar-refractivity contribution in [2.75, 3.05) is 5.90 Å². The zero-order valence-corrected chi connectivity index (χ0v) is 9.93. The van der Waals surface area contributed by atoms with Crippen molar-refractivity contribution in [1.82, 2.24) is 0 Å². The summed E-state index contributed by atoms with van der Waals surface area (Å²) in [6.07, 6.45) is 0. The van der Waals surface area contributed by atoms with E-state index in [1.165, 1.54) is 0 Å². The topological polar surface area (TPSA) is 0 Å². The molecule has 0 fully saturated rings. The van der Waals surface area contributed by atoms with Gasteiger partial charge in [0.05, 0.1) is 0 Å². The van der Waals surface area contributed by atoms with Gasteiger partial charge < -0.3 is 0 Å². The molecule has 0 aromatic rings. The predicted octanol–water partition coefficient (Wildman–Crippen LogP) is 5.99. The first-order valence-electron chi connectivity index (χ1n) is 3.79. The van der Waals surface area contributed by atoms with Gasteiger partial charge >= 0.3 is 23.7 Å². The van der Waals surface area contributed by atoms with Crippen LogP contribution in [-0.2, 0) is 0 Å². The Labute approximate surface area is 99.2 Å². The Morgan fingerprint density at radius 3 is 0.684 bits per heavy atom. The average Bonchev–Trinajstić information content (AvgIpc) is 1.91. The minimum Gasteiger partial charge on any atom is -0.167 e. The van der Waals surface area contributed by atoms with Gasteiger partial charge in [-0.3, -0.25) is 0 Å². The number of halogens is 12. The molecular weight excluding hydrogens is 350 g/mol. The summed E-state index contributed by atoms with van der Waals surface area (Å²) in [5.74, 6) is -27.8. The van der Waals surface area contributed by atoms with E-state index in [1.54, 1.807) is 0 Å². The summed E-state index contributed by atoms with van der Waals surface area (Å²) in [7, 11) is -10.8. The van der Waals surface area contributed by atoms with Gasteiger partial charge in [0, 0.05) is 5.90 Å². The largest absolute Gasteiger partial charge is 0.414 e. The fraction of sp³-hybridized carbons (Fsp3) is 1.00. The van der Waals surface area contributed by atoms with Crippen LogP contribution in [0.15, 0.2) is 0 Å². The van der Waals surface area contributed by atoms with Crippen molar-refractivity contribution in [3.8, 4) is 0 Å². The van der Waals surface area contributed by atoms with Crippen molar-refractivity contribution < 1.29 is 52.7 Å². The van der Waals surface area contributed by atoms with Crippen LogP contribution < -0.4 is 0 Å². The third kappa shape index (κ3) is 5.89. The molecule has 19 heavy (non-hydrogen) atoms. The Kier molecular flexibility index (Phi) is 5.43. The SMILES string of the molecule is FC(F)(F)P(CP(C(F)(F)F)C(F)(F)F)C(F)(F)F. The van der Waals surface area contributed by atoms with Crippen molar-refractivity contribution in [3.63, 3.8) is 0 Å². The maximum absolute atomic E-state index is 11.9. The fourth-order valence-electron chi connectivity index (χ4n) is 0.750. The first kappa shape index (κ1) is 19.0. The minimum absolute atomic E-state index is 3.05. The molecule has 0 spiro atoms. The summed E-state index contributed by atoms with van der Waals surface area (Å²) < 4.78 is 143. The first-order valence-corrected chi connectivity index (χ1v) is 6.85. The van der Waals surface area contributed by atoms with E-state index in [1.807, 2.05) is 0 Å². The number of hydrogen-bond donors (Lipinski definition) is 0. The molecule has 0 saturated carbocycles. The summed E-state index contributed by atoms with van der Waals surface area (Å²) in [6, 6.07) is 0. The van der Waals surface area contributed by atoms with Gasteiger partial charge in [-0.25, -0.2) is 0 Å². The van der Waals surface area contributed by atoms with Gasteiger partial charge in [-0.2, -0.15) is 52.7 Å². The monoisotopic (exact) mass is 352 g/mol. The maximum atomic E-state index is 11.9. The number of hydrogen-bond acceptors (Lipinski definition) is 0. The summed E-state index contributed by atoms with van der Waals surface area (Å²) in [4.78, 5) is 0. The molecule has 14 heteroatoms. The molecule has 116 valence electrons. The van der Waals surface area contributed by atoms with Crippen molar-refractivity contribution >= 4 is 15.8 Å². The van der Waals surface area contributed by atoms with Crippen molar-refractivity contribution in [3.05, 3.63) is 0 Å². The van der Waals surface area contributed by atoms with Crippen LogP contribution in [0.4, 0.5) is 52.7 Å². The summed E-state index contributed by atoms with van der Waals surface area (Å²) >= 11 is 0. The van der Waals surface area contributed by atoms with Crippen molar-refractivity contribution in [1.29, 1.82) is 0 Å². The highest BCUT2D eigenvalue weighted by molar-refractivity contribution is 7.76. The van der Waals surface area contributed by atoms with Crippen LogP contribution in [-0.4, -0.2) is 29.6 Å². The molecule has 0 aliphatic carbocycles. The van der Waals surface area contributed by atoms with E-state index in [2.05, 4.69) is 0 Å². The highest BCUT2D eigenvalue weighted by Crippen LogP contribution is 2.76. The lowest BCUT2D eigenvalue weighted by Gasteiger charge is -2.29. The Bertz CT molecular complexity index is 235. The highest BCUT2D eigenvalue weighted by atomic mass is 31.2. The number of alkyl halides is 12. The Morgan fingerprint density at radius 1 is 0.421 bits per heavy atom. The Balaban J connectivity index is 5.43. The van der Waals surface area contributed by atoms with Crippen LogP contribution in [0.3, 0.4) is 0 Å². The van der Waals surface area contributed by atoms with E-state index >= 15 is 0 Å². The fourth-order valence-corrected chi connectivity index (χ4v) is 5.02. The summed E-state index contributed by atoms with van der Waals surface area (Å²) in [5, 5.41) is 0. The second-order valence-electron chi connectivity index (χ2n) is 2.87. The molecule has 0 aliphatic heterocycles. The molecule has 0 saturated heterocycles. The lowest BCUT2D eigenvalue weighted by molar-refractivity contribution is -0.0860. The predicted molar refractivity (Wildman–Crippen MR) is 42.9 cm³/mol. The highest BCUT2D eigenvalue weighted by Gasteiger charge is 2.64. The molecule has 0 nitrogen and oxygen atoms in total. The zero-order valence-electron chi connectivity index (χ0n) is 8.14. The molecule has 0 N–H and O–H groups in total. The molecule has 0 bridgehead atoms. The van der Waals surface area contributed by atoms with E-state index in [0.29, 0.717) is 0 Å². The van der Waals surface area contributed by atoms with Crippen LogP contribution in [0.5, 0.6) is 0 Å². The van der Waals surface area contributed by atoms with Crippen molar-refractivity contribution in [2.45, 2.75) is 23.7 Å². The molecule has 0 radical (unpaired) electrons. The second kappa shape index (κ2) is 5.42. The molecule has 0 aliphatic rings. The second-order valence-corrected chi connectivity index (χ2v) is 7.74. The van der Waals surface area contributed by atoms with E-state index in [0.717, 1.165) is 0 Å². The van der Waals surface area contributed by atoms with E-state index in [4.69, 9.17) is 0 Å². The van der Waals surface area contributed by atoms with E-state index < -0.39 is 45.4 Å². The Morgan fingerprint density at radius 2 is 0.579 bits per heavy atom. The molecule has 0 unspecified atom stereocenters. The normalized spacial score (nSPS) is 15.5. The van der Waals surface area contributed by atoms with Crippen LogP contribution >= 0.6 is 15.8 Å². The van der Waals surface area contributed by atoms with Crippen LogP contribution in [0.25, 0.3) is 0 Å². The Hall–Kier alpha value is 0.0200. The third-order valence-electron chi connectivity index (χ3n) is 1.51. The molecule has 0 aromatic heterocycles. The molecule has 0 rings (SSSR count). The minimum atomic E-state index is -6.18. The standard InChI is InChI=1S/C5H2F12P2/c6-2(7,8)18(3(9,10)11)1-19(4(12,13)14)5(15,16)17/h1H2. The zero-order chi connectivity index (χ0) is 15.9.